The van der Waals surface area contributed by atoms with Gasteiger partial charge in [0, 0.05) is 0 Å². The Hall–Kier alpha value is -0.530. The van der Waals surface area contributed by atoms with Crippen LogP contribution in [0.3, 0.4) is 0 Å². The summed E-state index contributed by atoms with van der Waals surface area (Å²) in [6, 6.07) is 0. The van der Waals surface area contributed by atoms with E-state index in [1.807, 2.05) is 6.92 Å². The summed E-state index contributed by atoms with van der Waals surface area (Å²) in [6.45, 7) is 8.25. The van der Waals surface area contributed by atoms with E-state index in [0.717, 1.165) is 12.8 Å². The molecular formula is C15H28O2. The number of ether oxygens (including phenoxy) is 1. The third-order valence-electron chi connectivity index (χ3n) is 4.08. The van der Waals surface area contributed by atoms with Gasteiger partial charge in [-0.05, 0) is 39.0 Å². The van der Waals surface area contributed by atoms with Crippen LogP contribution in [0.5, 0.6) is 0 Å². The predicted molar refractivity (Wildman–Crippen MR) is 70.8 cm³/mol. The molecule has 0 amide bonds. The molecule has 0 heterocycles. The van der Waals surface area contributed by atoms with Gasteiger partial charge in [-0.25, -0.2) is 0 Å². The van der Waals surface area contributed by atoms with Crippen molar-refractivity contribution in [3.63, 3.8) is 0 Å². The average molecular weight is 240 g/mol. The quantitative estimate of drug-likeness (QED) is 0.669. The molecule has 1 atom stereocenters. The highest BCUT2D eigenvalue weighted by Crippen LogP contribution is 2.35. The molecule has 0 spiro atoms. The molecule has 1 aliphatic rings. The number of rotatable bonds is 5. The van der Waals surface area contributed by atoms with E-state index >= 15 is 0 Å². The van der Waals surface area contributed by atoms with Crippen molar-refractivity contribution in [2.45, 2.75) is 78.2 Å². The Morgan fingerprint density at radius 2 is 1.88 bits per heavy atom. The van der Waals surface area contributed by atoms with E-state index in [9.17, 15) is 4.79 Å². The SMILES string of the molecule is CCCC(C)C(=O)OC(C)(C)C1CCCCC1. The molecule has 0 radical (unpaired) electrons. The Bertz CT molecular complexity index is 239. The van der Waals surface area contributed by atoms with Crippen LogP contribution in [0.4, 0.5) is 0 Å². The lowest BCUT2D eigenvalue weighted by Crippen LogP contribution is -2.39. The molecule has 2 heteroatoms. The van der Waals surface area contributed by atoms with E-state index in [1.54, 1.807) is 0 Å². The summed E-state index contributed by atoms with van der Waals surface area (Å²) in [5, 5.41) is 0. The van der Waals surface area contributed by atoms with Gasteiger partial charge in [-0.15, -0.1) is 0 Å². The normalized spacial score (nSPS) is 20.0. The fraction of sp³-hybridized carbons (Fsp3) is 0.933. The Morgan fingerprint density at radius 1 is 1.29 bits per heavy atom. The fourth-order valence-electron chi connectivity index (χ4n) is 2.79. The smallest absolute Gasteiger partial charge is 0.309 e. The predicted octanol–water partition coefficient (Wildman–Crippen LogP) is 4.32. The minimum Gasteiger partial charge on any atom is -0.459 e. The molecule has 0 aromatic carbocycles. The van der Waals surface area contributed by atoms with Crippen molar-refractivity contribution in [3.05, 3.63) is 0 Å². The Balaban J connectivity index is 2.49. The van der Waals surface area contributed by atoms with Gasteiger partial charge in [0.25, 0.3) is 0 Å². The number of carbonyl (C=O) groups is 1. The standard InChI is InChI=1S/C15H28O2/c1-5-9-12(2)14(16)17-15(3,4)13-10-7-6-8-11-13/h12-13H,5-11H2,1-4H3. The fourth-order valence-corrected chi connectivity index (χ4v) is 2.79. The molecule has 1 aliphatic carbocycles. The second-order valence-corrected chi connectivity index (χ2v) is 6.05. The van der Waals surface area contributed by atoms with Crippen LogP contribution in [0.1, 0.15) is 72.6 Å². The maximum absolute atomic E-state index is 12.0. The molecule has 100 valence electrons. The van der Waals surface area contributed by atoms with Crippen LogP contribution in [0, 0.1) is 11.8 Å². The number of esters is 1. The number of hydrogen-bond acceptors (Lipinski definition) is 2. The van der Waals surface area contributed by atoms with Crippen LogP contribution in [0.25, 0.3) is 0 Å². The van der Waals surface area contributed by atoms with Gasteiger partial charge in [0.15, 0.2) is 0 Å². The molecule has 0 N–H and O–H groups in total. The van der Waals surface area contributed by atoms with E-state index in [2.05, 4.69) is 20.8 Å². The maximum Gasteiger partial charge on any atom is 0.309 e. The van der Waals surface area contributed by atoms with Crippen LogP contribution >= 0.6 is 0 Å². The van der Waals surface area contributed by atoms with Gasteiger partial charge in [-0.3, -0.25) is 4.79 Å². The van der Waals surface area contributed by atoms with E-state index in [0.29, 0.717) is 5.92 Å². The third-order valence-corrected chi connectivity index (χ3v) is 4.08. The van der Waals surface area contributed by atoms with Crippen LogP contribution in [0.15, 0.2) is 0 Å². The summed E-state index contributed by atoms with van der Waals surface area (Å²) in [5.41, 5.74) is -0.278. The molecule has 1 fully saturated rings. The lowest BCUT2D eigenvalue weighted by Gasteiger charge is -2.37. The summed E-state index contributed by atoms with van der Waals surface area (Å²) in [7, 11) is 0. The van der Waals surface area contributed by atoms with E-state index in [4.69, 9.17) is 4.74 Å². The van der Waals surface area contributed by atoms with E-state index in [1.165, 1.54) is 32.1 Å². The molecule has 17 heavy (non-hydrogen) atoms. The van der Waals surface area contributed by atoms with Crippen LogP contribution in [-0.2, 0) is 9.53 Å². The average Bonchev–Trinajstić information content (AvgIpc) is 2.30. The summed E-state index contributed by atoms with van der Waals surface area (Å²) < 4.78 is 5.75. The first-order valence-electron chi connectivity index (χ1n) is 7.20. The van der Waals surface area contributed by atoms with Crippen molar-refractivity contribution in [3.8, 4) is 0 Å². The van der Waals surface area contributed by atoms with Crippen LogP contribution < -0.4 is 0 Å². The topological polar surface area (TPSA) is 26.3 Å². The van der Waals surface area contributed by atoms with Gasteiger partial charge in [0.2, 0.25) is 0 Å². The number of hydrogen-bond donors (Lipinski definition) is 0. The van der Waals surface area contributed by atoms with Gasteiger partial charge in [-0.2, -0.15) is 0 Å². The molecule has 2 nitrogen and oxygen atoms in total. The van der Waals surface area contributed by atoms with Crippen molar-refractivity contribution >= 4 is 5.97 Å². The molecule has 0 aromatic heterocycles. The summed E-state index contributed by atoms with van der Waals surface area (Å²) in [4.78, 5) is 12.0. The molecule has 0 aliphatic heterocycles. The van der Waals surface area contributed by atoms with Crippen LogP contribution in [-0.4, -0.2) is 11.6 Å². The maximum atomic E-state index is 12.0. The van der Waals surface area contributed by atoms with Crippen molar-refractivity contribution in [2.24, 2.45) is 11.8 Å². The van der Waals surface area contributed by atoms with E-state index in [-0.39, 0.29) is 17.5 Å². The van der Waals surface area contributed by atoms with Crippen molar-refractivity contribution in [1.29, 1.82) is 0 Å². The van der Waals surface area contributed by atoms with Crippen molar-refractivity contribution in [2.75, 3.05) is 0 Å². The lowest BCUT2D eigenvalue weighted by atomic mass is 9.78. The molecular weight excluding hydrogens is 212 g/mol. The van der Waals surface area contributed by atoms with Crippen molar-refractivity contribution in [1.82, 2.24) is 0 Å². The van der Waals surface area contributed by atoms with Crippen molar-refractivity contribution < 1.29 is 9.53 Å². The highest BCUT2D eigenvalue weighted by molar-refractivity contribution is 5.72. The van der Waals surface area contributed by atoms with Gasteiger partial charge in [0.05, 0.1) is 5.92 Å². The zero-order valence-electron chi connectivity index (χ0n) is 11.9. The molecule has 0 saturated heterocycles. The highest BCUT2D eigenvalue weighted by Gasteiger charge is 2.34. The summed E-state index contributed by atoms with van der Waals surface area (Å²) >= 11 is 0. The Labute approximate surface area is 106 Å². The molecule has 1 unspecified atom stereocenters. The van der Waals surface area contributed by atoms with E-state index < -0.39 is 0 Å². The second-order valence-electron chi connectivity index (χ2n) is 6.05. The molecule has 1 saturated carbocycles. The first kappa shape index (κ1) is 14.5. The molecule has 0 bridgehead atoms. The van der Waals surface area contributed by atoms with Crippen LogP contribution in [0.2, 0.25) is 0 Å². The third kappa shape index (κ3) is 4.33. The van der Waals surface area contributed by atoms with Gasteiger partial charge >= 0.3 is 5.97 Å². The first-order chi connectivity index (χ1) is 7.97. The highest BCUT2D eigenvalue weighted by atomic mass is 16.6. The zero-order valence-corrected chi connectivity index (χ0v) is 11.9. The number of carbonyl (C=O) groups excluding carboxylic acids is 1. The second kappa shape index (κ2) is 6.42. The van der Waals surface area contributed by atoms with Gasteiger partial charge in [-0.1, -0.05) is 39.5 Å². The largest absolute Gasteiger partial charge is 0.459 e. The van der Waals surface area contributed by atoms with Gasteiger partial charge in [0.1, 0.15) is 5.60 Å². The first-order valence-corrected chi connectivity index (χ1v) is 7.20. The summed E-state index contributed by atoms with van der Waals surface area (Å²) in [5.74, 6) is 0.583. The molecule has 1 rings (SSSR count). The minimum atomic E-state index is -0.278. The molecule has 0 aromatic rings. The van der Waals surface area contributed by atoms with Gasteiger partial charge < -0.3 is 4.74 Å². The zero-order chi connectivity index (χ0) is 12.9. The lowest BCUT2D eigenvalue weighted by molar-refractivity contribution is -0.167. The monoisotopic (exact) mass is 240 g/mol. The Kier molecular flexibility index (Phi) is 5.48. The summed E-state index contributed by atoms with van der Waals surface area (Å²) in [6.07, 6.45) is 8.31. The minimum absolute atomic E-state index is 0.0116. The Morgan fingerprint density at radius 3 is 2.41 bits per heavy atom.